The summed E-state index contributed by atoms with van der Waals surface area (Å²) in [6.07, 6.45) is -1.27. The van der Waals surface area contributed by atoms with E-state index in [0.29, 0.717) is 18.5 Å². The number of rotatable bonds is 4. The second-order valence-corrected chi connectivity index (χ2v) is 5.62. The van der Waals surface area contributed by atoms with Crippen molar-refractivity contribution in [2.45, 2.75) is 31.9 Å². The molecule has 0 bridgehead atoms. The number of hydrogen-bond donors (Lipinski definition) is 2. The van der Waals surface area contributed by atoms with Crippen LogP contribution in [0.25, 0.3) is 0 Å². The molecule has 1 aliphatic rings. The third-order valence-corrected chi connectivity index (χ3v) is 3.91. The predicted octanol–water partition coefficient (Wildman–Crippen LogP) is 2.75. The summed E-state index contributed by atoms with van der Waals surface area (Å²) >= 11 is 0. The Labute approximate surface area is 128 Å². The number of nitrogens with one attached hydrogen (secondary N) is 2. The first-order valence-electron chi connectivity index (χ1n) is 7.61. The van der Waals surface area contributed by atoms with Gasteiger partial charge >= 0.3 is 6.18 Å². The van der Waals surface area contributed by atoms with Gasteiger partial charge in [-0.1, -0.05) is 18.2 Å². The van der Waals surface area contributed by atoms with Gasteiger partial charge in [0, 0.05) is 12.5 Å². The number of alkyl halides is 3. The van der Waals surface area contributed by atoms with Crippen molar-refractivity contribution in [2.75, 3.05) is 19.6 Å². The number of halogens is 3. The topological polar surface area (TPSA) is 41.1 Å². The molecular formula is C16H21F3N2O. The molecule has 1 aromatic rings. The van der Waals surface area contributed by atoms with Crippen molar-refractivity contribution in [1.82, 2.24) is 10.6 Å². The largest absolute Gasteiger partial charge is 0.416 e. The average Bonchev–Trinajstić information content (AvgIpc) is 2.76. The summed E-state index contributed by atoms with van der Waals surface area (Å²) in [5.41, 5.74) is -0.0659. The summed E-state index contributed by atoms with van der Waals surface area (Å²) < 4.78 is 37.9. The van der Waals surface area contributed by atoms with Crippen LogP contribution in [0.5, 0.6) is 0 Å². The van der Waals surface area contributed by atoms with Crippen LogP contribution >= 0.6 is 0 Å². The lowest BCUT2D eigenvalue weighted by Gasteiger charge is -2.14. The molecule has 2 rings (SSSR count). The molecule has 0 radical (unpaired) electrons. The lowest BCUT2D eigenvalue weighted by molar-refractivity contribution is -0.137. The second-order valence-electron chi connectivity index (χ2n) is 5.62. The fourth-order valence-corrected chi connectivity index (χ4v) is 2.66. The molecular weight excluding hydrogens is 293 g/mol. The molecule has 1 saturated heterocycles. The Kier molecular flexibility index (Phi) is 5.83. The maximum Gasteiger partial charge on any atom is 0.416 e. The molecule has 0 aliphatic carbocycles. The van der Waals surface area contributed by atoms with Crippen molar-refractivity contribution in [2.24, 2.45) is 5.92 Å². The van der Waals surface area contributed by atoms with Gasteiger partial charge in [0.25, 0.3) is 0 Å². The normalized spacial score (nSPS) is 19.5. The highest BCUT2D eigenvalue weighted by atomic mass is 19.4. The molecule has 3 nitrogen and oxygen atoms in total. The number of hydrogen-bond acceptors (Lipinski definition) is 2. The quantitative estimate of drug-likeness (QED) is 0.897. The van der Waals surface area contributed by atoms with E-state index in [2.05, 4.69) is 10.6 Å². The van der Waals surface area contributed by atoms with Gasteiger partial charge in [0.15, 0.2) is 0 Å². The van der Waals surface area contributed by atoms with Gasteiger partial charge in [-0.2, -0.15) is 13.2 Å². The molecule has 0 unspecified atom stereocenters. The van der Waals surface area contributed by atoms with Gasteiger partial charge in [0.05, 0.1) is 5.56 Å². The first-order valence-corrected chi connectivity index (χ1v) is 7.61. The average molecular weight is 314 g/mol. The molecule has 0 saturated carbocycles. The van der Waals surface area contributed by atoms with Crippen LogP contribution in [0, 0.1) is 5.92 Å². The Morgan fingerprint density at radius 3 is 2.86 bits per heavy atom. The SMILES string of the molecule is O=C(NCCc1cccc(C(F)(F)F)c1)[C@H]1CCCNCC1. The summed E-state index contributed by atoms with van der Waals surface area (Å²) in [5, 5.41) is 6.09. The molecule has 1 fully saturated rings. The molecule has 1 aromatic carbocycles. The molecule has 0 spiro atoms. The van der Waals surface area contributed by atoms with Crippen LogP contribution in [0.4, 0.5) is 13.2 Å². The van der Waals surface area contributed by atoms with Gasteiger partial charge in [-0.3, -0.25) is 4.79 Å². The van der Waals surface area contributed by atoms with Gasteiger partial charge in [0.2, 0.25) is 5.91 Å². The van der Waals surface area contributed by atoms with Gasteiger partial charge < -0.3 is 10.6 Å². The van der Waals surface area contributed by atoms with E-state index in [1.54, 1.807) is 6.07 Å². The molecule has 6 heteroatoms. The van der Waals surface area contributed by atoms with Crippen LogP contribution in [-0.4, -0.2) is 25.5 Å². The third-order valence-electron chi connectivity index (χ3n) is 3.91. The fraction of sp³-hybridized carbons (Fsp3) is 0.562. The minimum atomic E-state index is -4.33. The molecule has 1 atom stereocenters. The van der Waals surface area contributed by atoms with E-state index in [-0.39, 0.29) is 11.8 Å². The maximum atomic E-state index is 12.6. The van der Waals surface area contributed by atoms with Crippen molar-refractivity contribution in [3.8, 4) is 0 Å². The van der Waals surface area contributed by atoms with Gasteiger partial charge in [-0.25, -0.2) is 0 Å². The maximum absolute atomic E-state index is 12.6. The number of benzene rings is 1. The lowest BCUT2D eigenvalue weighted by atomic mass is 9.99. The lowest BCUT2D eigenvalue weighted by Crippen LogP contribution is -2.32. The summed E-state index contributed by atoms with van der Waals surface area (Å²) in [7, 11) is 0. The minimum absolute atomic E-state index is 0.00989. The fourth-order valence-electron chi connectivity index (χ4n) is 2.66. The number of carbonyl (C=O) groups excluding carboxylic acids is 1. The monoisotopic (exact) mass is 314 g/mol. The first kappa shape index (κ1) is 16.8. The molecule has 0 aromatic heterocycles. The van der Waals surface area contributed by atoms with E-state index in [1.165, 1.54) is 6.07 Å². The molecule has 1 heterocycles. The van der Waals surface area contributed by atoms with E-state index in [9.17, 15) is 18.0 Å². The Balaban J connectivity index is 1.82. The van der Waals surface area contributed by atoms with Crippen LogP contribution in [0.2, 0.25) is 0 Å². The first-order chi connectivity index (χ1) is 10.5. The van der Waals surface area contributed by atoms with Crippen LogP contribution in [0.15, 0.2) is 24.3 Å². The van der Waals surface area contributed by atoms with Crippen molar-refractivity contribution >= 4 is 5.91 Å². The molecule has 22 heavy (non-hydrogen) atoms. The third kappa shape index (κ3) is 5.02. The van der Waals surface area contributed by atoms with Gasteiger partial charge in [-0.05, 0) is 50.4 Å². The van der Waals surface area contributed by atoms with E-state index in [0.717, 1.165) is 44.5 Å². The molecule has 1 amide bonds. The minimum Gasteiger partial charge on any atom is -0.356 e. The van der Waals surface area contributed by atoms with E-state index in [4.69, 9.17) is 0 Å². The zero-order valence-corrected chi connectivity index (χ0v) is 12.4. The van der Waals surface area contributed by atoms with Crippen LogP contribution in [0.3, 0.4) is 0 Å². The van der Waals surface area contributed by atoms with Crippen LogP contribution < -0.4 is 10.6 Å². The zero-order chi connectivity index (χ0) is 16.0. The Morgan fingerprint density at radius 2 is 2.09 bits per heavy atom. The molecule has 1 aliphatic heterocycles. The summed E-state index contributed by atoms with van der Waals surface area (Å²) in [6, 6.07) is 5.25. The summed E-state index contributed by atoms with van der Waals surface area (Å²) in [6.45, 7) is 2.14. The van der Waals surface area contributed by atoms with Crippen LogP contribution in [-0.2, 0) is 17.4 Å². The Morgan fingerprint density at radius 1 is 1.27 bits per heavy atom. The highest BCUT2D eigenvalue weighted by Gasteiger charge is 2.30. The van der Waals surface area contributed by atoms with Crippen molar-refractivity contribution in [3.63, 3.8) is 0 Å². The summed E-state index contributed by atoms with van der Waals surface area (Å²) in [5.74, 6) is 0.0205. The Hall–Kier alpha value is -1.56. The standard InChI is InChI=1S/C16H21F3N2O/c17-16(18,19)14-5-1-3-12(11-14)6-10-21-15(22)13-4-2-8-20-9-7-13/h1,3,5,11,13,20H,2,4,6-10H2,(H,21,22)/t13-/m0/s1. The number of carbonyl (C=O) groups is 1. The van der Waals surface area contributed by atoms with Crippen molar-refractivity contribution in [1.29, 1.82) is 0 Å². The van der Waals surface area contributed by atoms with Crippen LogP contribution in [0.1, 0.15) is 30.4 Å². The van der Waals surface area contributed by atoms with Gasteiger partial charge in [-0.15, -0.1) is 0 Å². The predicted molar refractivity (Wildman–Crippen MR) is 78.4 cm³/mol. The summed E-state index contributed by atoms with van der Waals surface area (Å²) in [4.78, 5) is 12.0. The Bertz CT molecular complexity index is 494. The van der Waals surface area contributed by atoms with Crippen molar-refractivity contribution < 1.29 is 18.0 Å². The number of amides is 1. The van der Waals surface area contributed by atoms with E-state index < -0.39 is 11.7 Å². The highest BCUT2D eigenvalue weighted by Crippen LogP contribution is 2.29. The van der Waals surface area contributed by atoms with E-state index in [1.807, 2.05) is 0 Å². The smallest absolute Gasteiger partial charge is 0.356 e. The van der Waals surface area contributed by atoms with Gasteiger partial charge in [0.1, 0.15) is 0 Å². The molecule has 122 valence electrons. The second kappa shape index (κ2) is 7.63. The molecule has 2 N–H and O–H groups in total. The highest BCUT2D eigenvalue weighted by molar-refractivity contribution is 5.78. The zero-order valence-electron chi connectivity index (χ0n) is 12.4. The van der Waals surface area contributed by atoms with Crippen molar-refractivity contribution in [3.05, 3.63) is 35.4 Å². The van der Waals surface area contributed by atoms with E-state index >= 15 is 0 Å².